The van der Waals surface area contributed by atoms with Crippen molar-refractivity contribution in [3.63, 3.8) is 0 Å². The Bertz CT molecular complexity index is 371. The molecule has 0 aliphatic heterocycles. The van der Waals surface area contributed by atoms with Gasteiger partial charge in [0.2, 0.25) is 0 Å². The van der Waals surface area contributed by atoms with E-state index in [1.807, 2.05) is 0 Å². The van der Waals surface area contributed by atoms with Gasteiger partial charge >= 0.3 is 12.1 Å². The highest BCUT2D eigenvalue weighted by molar-refractivity contribution is 9.09. The number of methoxy groups -OCH3 is 1. The fourth-order valence-electron chi connectivity index (χ4n) is 1.65. The number of nitrogens with one attached hydrogen (secondary N) is 1. The van der Waals surface area contributed by atoms with E-state index in [-0.39, 0.29) is 11.8 Å². The van der Waals surface area contributed by atoms with E-state index in [2.05, 4.69) is 26.0 Å². The molecule has 1 N–H and O–H groups in total. The molecule has 2 unspecified atom stereocenters. The van der Waals surface area contributed by atoms with Crippen LogP contribution >= 0.6 is 15.9 Å². The van der Waals surface area contributed by atoms with Crippen LogP contribution in [0.1, 0.15) is 27.2 Å². The van der Waals surface area contributed by atoms with Gasteiger partial charge in [0.15, 0.2) is 11.2 Å². The summed E-state index contributed by atoms with van der Waals surface area (Å²) >= 11 is 2.98. The summed E-state index contributed by atoms with van der Waals surface area (Å²) in [7, 11) is 1.15. The number of amides is 1. The van der Waals surface area contributed by atoms with Gasteiger partial charge in [0.05, 0.1) is 7.11 Å². The van der Waals surface area contributed by atoms with Crippen LogP contribution < -0.4 is 5.32 Å². The van der Waals surface area contributed by atoms with E-state index in [4.69, 9.17) is 4.74 Å². The number of hydrogen-bond donors (Lipinski definition) is 1. The minimum absolute atomic E-state index is 0.0646. The van der Waals surface area contributed by atoms with Crippen LogP contribution in [0.25, 0.3) is 0 Å². The zero-order valence-corrected chi connectivity index (χ0v) is 12.4. The Morgan fingerprint density at radius 2 is 2.00 bits per heavy atom. The average Bonchev–Trinajstić information content (AvgIpc) is 2.82. The molecule has 1 amide bonds. The Labute approximate surface area is 114 Å². The van der Waals surface area contributed by atoms with Gasteiger partial charge in [-0.3, -0.25) is 0 Å². The molecule has 7 heteroatoms. The molecule has 0 radical (unpaired) electrons. The van der Waals surface area contributed by atoms with Gasteiger partial charge in [-0.1, -0.05) is 15.9 Å². The van der Waals surface area contributed by atoms with Crippen LogP contribution in [0.3, 0.4) is 0 Å². The van der Waals surface area contributed by atoms with E-state index in [0.717, 1.165) is 7.11 Å². The monoisotopic (exact) mass is 325 g/mol. The summed E-state index contributed by atoms with van der Waals surface area (Å²) in [5.74, 6) is -0.810. The molecule has 0 aromatic rings. The summed E-state index contributed by atoms with van der Waals surface area (Å²) in [6.07, 6.45) is -0.967. The van der Waals surface area contributed by atoms with Crippen LogP contribution in [0.15, 0.2) is 0 Å². The van der Waals surface area contributed by atoms with Gasteiger partial charge in [-0.05, 0) is 20.8 Å². The molecule has 1 aliphatic carbocycles. The molecule has 5 nitrogen and oxygen atoms in total. The quantitative estimate of drug-likeness (QED) is 0.636. The fourth-order valence-corrected chi connectivity index (χ4v) is 2.33. The number of carbonyl (C=O) groups is 2. The summed E-state index contributed by atoms with van der Waals surface area (Å²) < 4.78 is 23.7. The molecule has 0 spiro atoms. The van der Waals surface area contributed by atoms with E-state index >= 15 is 0 Å². The number of alkyl carbamates (subject to hydrolysis) is 1. The molecule has 0 saturated heterocycles. The van der Waals surface area contributed by atoms with Gasteiger partial charge in [-0.25, -0.2) is 14.0 Å². The first-order chi connectivity index (χ1) is 8.10. The summed E-state index contributed by atoms with van der Waals surface area (Å²) in [5, 5.41) is 2.21. The SMILES string of the molecule is COC(=O)C1(NC(=O)OC(C)(C)C)CC1(F)CBr. The smallest absolute Gasteiger partial charge is 0.408 e. The van der Waals surface area contributed by atoms with Crippen LogP contribution in [-0.2, 0) is 14.3 Å². The van der Waals surface area contributed by atoms with E-state index in [1.165, 1.54) is 0 Å². The van der Waals surface area contributed by atoms with Crippen molar-refractivity contribution in [3.05, 3.63) is 0 Å². The lowest BCUT2D eigenvalue weighted by Gasteiger charge is -2.23. The number of hydrogen-bond acceptors (Lipinski definition) is 4. The van der Waals surface area contributed by atoms with Crippen molar-refractivity contribution in [1.29, 1.82) is 0 Å². The molecule has 1 fully saturated rings. The lowest BCUT2D eigenvalue weighted by atomic mass is 10.2. The molecule has 0 heterocycles. The van der Waals surface area contributed by atoms with Crippen molar-refractivity contribution >= 4 is 28.0 Å². The molecular weight excluding hydrogens is 309 g/mol. The zero-order valence-electron chi connectivity index (χ0n) is 10.8. The predicted octanol–water partition coefficient (Wildman–Crippen LogP) is 1.93. The minimum Gasteiger partial charge on any atom is -0.467 e. The fraction of sp³-hybridized carbons (Fsp3) is 0.818. The molecule has 1 saturated carbocycles. The zero-order chi connectivity index (χ0) is 14.2. The van der Waals surface area contributed by atoms with Gasteiger partial charge in [0.1, 0.15) is 5.60 Å². The first-order valence-corrected chi connectivity index (χ1v) is 6.57. The maximum atomic E-state index is 14.2. The van der Waals surface area contributed by atoms with E-state index < -0.39 is 28.9 Å². The second-order valence-electron chi connectivity index (χ2n) is 5.30. The third-order valence-electron chi connectivity index (χ3n) is 2.65. The van der Waals surface area contributed by atoms with E-state index in [1.54, 1.807) is 20.8 Å². The van der Waals surface area contributed by atoms with Gasteiger partial charge in [-0.2, -0.15) is 0 Å². The van der Waals surface area contributed by atoms with Gasteiger partial charge in [0, 0.05) is 11.8 Å². The van der Waals surface area contributed by atoms with E-state index in [9.17, 15) is 14.0 Å². The Morgan fingerprint density at radius 1 is 1.44 bits per heavy atom. The third kappa shape index (κ3) is 2.76. The molecule has 0 aromatic heterocycles. The summed E-state index contributed by atoms with van der Waals surface area (Å²) in [6, 6.07) is 0. The number of alkyl halides is 2. The predicted molar refractivity (Wildman–Crippen MR) is 66.4 cm³/mol. The van der Waals surface area contributed by atoms with Crippen LogP contribution in [0.5, 0.6) is 0 Å². The maximum absolute atomic E-state index is 14.2. The lowest BCUT2D eigenvalue weighted by molar-refractivity contribution is -0.145. The highest BCUT2D eigenvalue weighted by Crippen LogP contribution is 2.53. The molecule has 18 heavy (non-hydrogen) atoms. The summed E-state index contributed by atoms with van der Waals surface area (Å²) in [5.41, 5.74) is -4.20. The molecule has 1 aliphatic rings. The van der Waals surface area contributed by atoms with Gasteiger partial charge < -0.3 is 14.8 Å². The molecule has 0 bridgehead atoms. The molecule has 1 rings (SSSR count). The maximum Gasteiger partial charge on any atom is 0.408 e. The average molecular weight is 326 g/mol. The molecule has 104 valence electrons. The van der Waals surface area contributed by atoms with Gasteiger partial charge in [0.25, 0.3) is 0 Å². The Hall–Kier alpha value is -0.850. The number of halogens is 2. The minimum atomic E-state index is -1.84. The Balaban J connectivity index is 2.78. The highest BCUT2D eigenvalue weighted by atomic mass is 79.9. The highest BCUT2D eigenvalue weighted by Gasteiger charge is 2.75. The van der Waals surface area contributed by atoms with Crippen LogP contribution in [0, 0.1) is 0 Å². The normalized spacial score (nSPS) is 30.6. The van der Waals surface area contributed by atoms with Crippen LogP contribution in [0.4, 0.5) is 9.18 Å². The van der Waals surface area contributed by atoms with E-state index in [0.29, 0.717) is 0 Å². The number of rotatable bonds is 3. The standard InChI is InChI=1S/C11H17BrFNO4/c1-9(2,3)18-8(16)14-11(7(15)17-4)5-10(11,13)6-12/h5-6H2,1-4H3,(H,14,16). The van der Waals surface area contributed by atoms with Crippen molar-refractivity contribution in [1.82, 2.24) is 5.32 Å². The van der Waals surface area contributed by atoms with Crippen molar-refractivity contribution in [2.45, 2.75) is 44.0 Å². The molecular formula is C11H17BrFNO4. The Kier molecular flexibility index (Phi) is 3.95. The Morgan fingerprint density at radius 3 is 2.33 bits per heavy atom. The second-order valence-corrected chi connectivity index (χ2v) is 5.86. The van der Waals surface area contributed by atoms with Crippen LogP contribution in [0.2, 0.25) is 0 Å². The van der Waals surface area contributed by atoms with Crippen molar-refractivity contribution < 1.29 is 23.5 Å². The van der Waals surface area contributed by atoms with Crippen molar-refractivity contribution in [3.8, 4) is 0 Å². The topological polar surface area (TPSA) is 64.6 Å². The van der Waals surface area contributed by atoms with Crippen molar-refractivity contribution in [2.24, 2.45) is 0 Å². The summed E-state index contributed by atoms with van der Waals surface area (Å²) in [6.45, 7) is 5.03. The summed E-state index contributed by atoms with van der Waals surface area (Å²) in [4.78, 5) is 23.2. The van der Waals surface area contributed by atoms with Crippen LogP contribution in [-0.4, -0.2) is 41.3 Å². The second kappa shape index (κ2) is 4.68. The molecule has 2 atom stereocenters. The lowest BCUT2D eigenvalue weighted by Crippen LogP contribution is -2.51. The van der Waals surface area contributed by atoms with Crippen molar-refractivity contribution in [2.75, 3.05) is 12.4 Å². The first-order valence-electron chi connectivity index (χ1n) is 5.45. The third-order valence-corrected chi connectivity index (χ3v) is 3.53. The van der Waals surface area contributed by atoms with Gasteiger partial charge in [-0.15, -0.1) is 0 Å². The molecule has 0 aromatic carbocycles. The largest absolute Gasteiger partial charge is 0.467 e. The number of carbonyl (C=O) groups excluding carboxylic acids is 2. The number of ether oxygens (including phenoxy) is 2. The first kappa shape index (κ1) is 15.2. The number of esters is 1.